The molecule has 0 bridgehead atoms. The maximum Gasteiger partial charge on any atom is 0.0540 e. The summed E-state index contributed by atoms with van der Waals surface area (Å²) >= 11 is 0. The highest BCUT2D eigenvalue weighted by atomic mass is 15.1. The molecule has 73 heavy (non-hydrogen) atoms. The normalized spacial score (nSPS) is 13.6. The largest absolute Gasteiger partial charge is 0.309 e. The molecule has 0 heterocycles. The molecular formula is C72H51N. The molecule has 0 N–H and O–H groups in total. The van der Waals surface area contributed by atoms with Crippen molar-refractivity contribution >= 4 is 27.8 Å². The van der Waals surface area contributed by atoms with E-state index in [9.17, 15) is 0 Å². The first-order valence-corrected chi connectivity index (χ1v) is 25.3. The first-order valence-electron chi connectivity index (χ1n) is 25.3. The molecule has 0 aliphatic heterocycles. The van der Waals surface area contributed by atoms with Crippen LogP contribution >= 0.6 is 0 Å². The highest BCUT2D eigenvalue weighted by molar-refractivity contribution is 6.09. The zero-order chi connectivity index (χ0) is 48.7. The number of hydrogen-bond donors (Lipinski definition) is 0. The number of para-hydroxylation sites is 2. The average Bonchev–Trinajstić information content (AvgIpc) is 3.73. The van der Waals surface area contributed by atoms with Crippen molar-refractivity contribution in [2.45, 2.75) is 12.3 Å². The number of anilines is 3. The van der Waals surface area contributed by atoms with Crippen LogP contribution in [0.4, 0.5) is 17.1 Å². The Balaban J connectivity index is 1.00. The standard InChI is InChI=1S/C72H51N/c1-72(57-30-12-5-13-31-57)67-37-17-14-33-62(67)63-47-43-56(49-68(63)72)60-32-15-18-38-69(60)73(70-39-19-16-34-64(70)65-36-21-29-54-28-20-35-61(71(54)65)52-24-8-3-9-25-52)58-44-40-50(41-45-58)55-42-46-59(51-22-6-2-7-23-51)66(48-55)53-26-10-4-11-27-53/h2-49H,1H3. The second kappa shape index (κ2) is 18.5. The lowest BCUT2D eigenvalue weighted by Crippen LogP contribution is -2.22. The molecule has 0 spiro atoms. The van der Waals surface area contributed by atoms with E-state index < -0.39 is 0 Å². The van der Waals surface area contributed by atoms with Gasteiger partial charge in [-0.1, -0.05) is 255 Å². The summed E-state index contributed by atoms with van der Waals surface area (Å²) in [7, 11) is 0. The second-order valence-electron chi connectivity index (χ2n) is 19.3. The Kier molecular flexibility index (Phi) is 11.1. The molecule has 0 amide bonds. The Hall–Kier alpha value is -9.30. The van der Waals surface area contributed by atoms with Crippen LogP contribution in [0.15, 0.2) is 291 Å². The zero-order valence-electron chi connectivity index (χ0n) is 40.7. The summed E-state index contributed by atoms with van der Waals surface area (Å²) in [5.41, 5.74) is 23.7. The van der Waals surface area contributed by atoms with Gasteiger partial charge in [0.1, 0.15) is 0 Å². The van der Waals surface area contributed by atoms with Crippen molar-refractivity contribution in [3.8, 4) is 77.9 Å². The van der Waals surface area contributed by atoms with E-state index in [-0.39, 0.29) is 5.41 Å². The number of benzene rings is 12. The van der Waals surface area contributed by atoms with Gasteiger partial charge in [0.15, 0.2) is 0 Å². The molecule has 12 aromatic carbocycles. The fourth-order valence-electron chi connectivity index (χ4n) is 11.6. The molecule has 1 unspecified atom stereocenters. The second-order valence-corrected chi connectivity index (χ2v) is 19.3. The van der Waals surface area contributed by atoms with E-state index in [1.807, 2.05) is 0 Å². The minimum Gasteiger partial charge on any atom is -0.309 e. The molecule has 0 radical (unpaired) electrons. The quantitative estimate of drug-likeness (QED) is 0.132. The molecule has 1 aliphatic rings. The van der Waals surface area contributed by atoms with Crippen LogP contribution in [0, 0.1) is 0 Å². The van der Waals surface area contributed by atoms with Gasteiger partial charge in [-0.25, -0.2) is 0 Å². The lowest BCUT2D eigenvalue weighted by molar-refractivity contribution is 0.714. The molecule has 0 saturated heterocycles. The van der Waals surface area contributed by atoms with Gasteiger partial charge in [0, 0.05) is 22.2 Å². The highest BCUT2D eigenvalue weighted by Crippen LogP contribution is 2.54. The summed E-state index contributed by atoms with van der Waals surface area (Å²) in [4.78, 5) is 2.49. The minimum absolute atomic E-state index is 0.329. The molecule has 12 aromatic rings. The summed E-state index contributed by atoms with van der Waals surface area (Å²) in [6.45, 7) is 2.40. The summed E-state index contributed by atoms with van der Waals surface area (Å²) in [5, 5.41) is 2.44. The molecule has 1 heteroatoms. The Morgan fingerprint density at radius 1 is 0.260 bits per heavy atom. The summed E-state index contributed by atoms with van der Waals surface area (Å²) in [6.07, 6.45) is 0. The van der Waals surface area contributed by atoms with Crippen LogP contribution in [0.2, 0.25) is 0 Å². The van der Waals surface area contributed by atoms with E-state index >= 15 is 0 Å². The van der Waals surface area contributed by atoms with E-state index in [0.29, 0.717) is 0 Å². The van der Waals surface area contributed by atoms with E-state index in [0.717, 1.165) is 33.8 Å². The Labute approximate surface area is 428 Å². The number of fused-ring (bicyclic) bond motifs is 4. The molecule has 0 saturated carbocycles. The van der Waals surface area contributed by atoms with Crippen molar-refractivity contribution in [3.63, 3.8) is 0 Å². The van der Waals surface area contributed by atoms with E-state index in [1.54, 1.807) is 0 Å². The Morgan fingerprint density at radius 3 is 1.40 bits per heavy atom. The van der Waals surface area contributed by atoms with Crippen molar-refractivity contribution in [3.05, 3.63) is 308 Å². The average molecular weight is 930 g/mol. The van der Waals surface area contributed by atoms with Crippen molar-refractivity contribution in [2.75, 3.05) is 4.90 Å². The Morgan fingerprint density at radius 2 is 0.726 bits per heavy atom. The molecular weight excluding hydrogens is 879 g/mol. The topological polar surface area (TPSA) is 3.24 Å². The van der Waals surface area contributed by atoms with E-state index in [1.165, 1.54) is 88.7 Å². The van der Waals surface area contributed by atoms with Crippen LogP contribution in [-0.2, 0) is 5.41 Å². The van der Waals surface area contributed by atoms with Gasteiger partial charge in [0.2, 0.25) is 0 Å². The fraction of sp³-hybridized carbons (Fsp3) is 0.0278. The van der Waals surface area contributed by atoms with Gasteiger partial charge in [0.25, 0.3) is 0 Å². The number of nitrogens with zero attached hydrogens (tertiary/aromatic N) is 1. The van der Waals surface area contributed by atoms with Crippen LogP contribution in [-0.4, -0.2) is 0 Å². The van der Waals surface area contributed by atoms with Crippen LogP contribution in [0.25, 0.3) is 88.7 Å². The first kappa shape index (κ1) is 43.7. The highest BCUT2D eigenvalue weighted by Gasteiger charge is 2.41. The zero-order valence-corrected chi connectivity index (χ0v) is 40.7. The summed E-state index contributed by atoms with van der Waals surface area (Å²) in [6, 6.07) is 107. The molecule has 1 aliphatic carbocycles. The third-order valence-corrected chi connectivity index (χ3v) is 15.2. The van der Waals surface area contributed by atoms with Crippen LogP contribution in [0.1, 0.15) is 23.6 Å². The monoisotopic (exact) mass is 929 g/mol. The van der Waals surface area contributed by atoms with Gasteiger partial charge in [-0.05, 0) is 138 Å². The lowest BCUT2D eigenvalue weighted by atomic mass is 9.74. The van der Waals surface area contributed by atoms with Crippen molar-refractivity contribution in [2.24, 2.45) is 0 Å². The van der Waals surface area contributed by atoms with Crippen LogP contribution < -0.4 is 4.90 Å². The first-order chi connectivity index (χ1) is 36.1. The van der Waals surface area contributed by atoms with Crippen LogP contribution in [0.5, 0.6) is 0 Å². The predicted molar refractivity (Wildman–Crippen MR) is 309 cm³/mol. The van der Waals surface area contributed by atoms with Gasteiger partial charge in [-0.3, -0.25) is 0 Å². The van der Waals surface area contributed by atoms with Gasteiger partial charge >= 0.3 is 0 Å². The molecule has 0 fully saturated rings. The lowest BCUT2D eigenvalue weighted by Gasteiger charge is -2.31. The molecule has 1 atom stereocenters. The van der Waals surface area contributed by atoms with Gasteiger partial charge in [0.05, 0.1) is 11.4 Å². The van der Waals surface area contributed by atoms with E-state index in [4.69, 9.17) is 0 Å². The van der Waals surface area contributed by atoms with Crippen molar-refractivity contribution in [1.29, 1.82) is 0 Å². The SMILES string of the molecule is CC1(c2ccccc2)c2ccccc2-c2ccc(-c3ccccc3N(c3ccc(-c4ccc(-c5ccccc5)c(-c5ccccc5)c4)cc3)c3ccccc3-c3cccc4cccc(-c5ccccc5)c34)cc21. The summed E-state index contributed by atoms with van der Waals surface area (Å²) < 4.78 is 0. The Bertz CT molecular complexity index is 3950. The minimum atomic E-state index is -0.329. The van der Waals surface area contributed by atoms with E-state index in [2.05, 4.69) is 303 Å². The van der Waals surface area contributed by atoms with Gasteiger partial charge in [-0.15, -0.1) is 0 Å². The predicted octanol–water partition coefficient (Wildman–Crippen LogP) is 19.6. The molecule has 344 valence electrons. The summed E-state index contributed by atoms with van der Waals surface area (Å²) in [5.74, 6) is 0. The van der Waals surface area contributed by atoms with Gasteiger partial charge < -0.3 is 4.90 Å². The molecule has 0 aromatic heterocycles. The third-order valence-electron chi connectivity index (χ3n) is 15.2. The number of hydrogen-bond acceptors (Lipinski definition) is 1. The number of rotatable bonds is 10. The fourth-order valence-corrected chi connectivity index (χ4v) is 11.6. The van der Waals surface area contributed by atoms with Crippen molar-refractivity contribution in [1.82, 2.24) is 0 Å². The van der Waals surface area contributed by atoms with Crippen molar-refractivity contribution < 1.29 is 0 Å². The maximum absolute atomic E-state index is 2.49. The molecule has 1 nitrogen and oxygen atoms in total. The molecule has 13 rings (SSSR count). The van der Waals surface area contributed by atoms with Gasteiger partial charge in [-0.2, -0.15) is 0 Å². The third kappa shape index (κ3) is 7.66. The smallest absolute Gasteiger partial charge is 0.0540 e. The van der Waals surface area contributed by atoms with Crippen LogP contribution in [0.3, 0.4) is 0 Å². The maximum atomic E-state index is 2.49.